The highest BCUT2D eigenvalue weighted by atomic mass is 16.5. The number of nitrogens with two attached hydrogens (primary N) is 1. The summed E-state index contributed by atoms with van der Waals surface area (Å²) in [5.74, 6) is 0.0656. The number of hydrogen-bond donors (Lipinski definition) is 2. The number of nitriles is 1. The lowest BCUT2D eigenvalue weighted by molar-refractivity contribution is -0.139. The van der Waals surface area contributed by atoms with Crippen LogP contribution in [0.2, 0.25) is 0 Å². The summed E-state index contributed by atoms with van der Waals surface area (Å²) >= 11 is 0. The van der Waals surface area contributed by atoms with Crippen molar-refractivity contribution in [2.45, 2.75) is 44.1 Å². The van der Waals surface area contributed by atoms with Crippen LogP contribution in [0.1, 0.15) is 48.4 Å². The van der Waals surface area contributed by atoms with Crippen LogP contribution in [0.25, 0.3) is 0 Å². The van der Waals surface area contributed by atoms with Crippen molar-refractivity contribution in [3.8, 4) is 17.7 Å². The van der Waals surface area contributed by atoms with Crippen molar-refractivity contribution in [2.24, 2.45) is 5.73 Å². The van der Waals surface area contributed by atoms with Gasteiger partial charge in [0.2, 0.25) is 11.8 Å². The molecule has 0 saturated heterocycles. The van der Waals surface area contributed by atoms with Crippen molar-refractivity contribution in [2.75, 3.05) is 7.11 Å². The number of nitrogens with zero attached hydrogens (tertiary/aromatic N) is 2. The predicted octanol–water partition coefficient (Wildman–Crippen LogP) is 2.66. The standard InChI is InChI=1S/C21H22N4O4/c1-27-17(26)10-16-19-18(15(11-22)20(23)29-21(19)25-24-16)12-5-4-8-14(9-12)28-13-6-2-3-7-13/h4-5,8-9,13,18H,2-3,6-7,10,23H2,1H3,(H,24,25). The first-order chi connectivity index (χ1) is 14.1. The van der Waals surface area contributed by atoms with Gasteiger partial charge in [-0.05, 0) is 43.4 Å². The van der Waals surface area contributed by atoms with E-state index in [2.05, 4.69) is 16.3 Å². The van der Waals surface area contributed by atoms with Crippen molar-refractivity contribution >= 4 is 5.97 Å². The van der Waals surface area contributed by atoms with Gasteiger partial charge in [0.05, 0.1) is 36.8 Å². The summed E-state index contributed by atoms with van der Waals surface area (Å²) in [6.45, 7) is 0. The molecule has 0 spiro atoms. The van der Waals surface area contributed by atoms with Crippen molar-refractivity contribution < 1.29 is 19.0 Å². The van der Waals surface area contributed by atoms with Crippen molar-refractivity contribution in [1.29, 1.82) is 5.26 Å². The van der Waals surface area contributed by atoms with Gasteiger partial charge in [-0.1, -0.05) is 12.1 Å². The molecule has 2 heterocycles. The number of fused-ring (bicyclic) bond motifs is 1. The van der Waals surface area contributed by atoms with Gasteiger partial charge in [0.25, 0.3) is 0 Å². The number of benzene rings is 1. The molecular weight excluding hydrogens is 372 g/mol. The van der Waals surface area contributed by atoms with Crippen molar-refractivity contribution in [1.82, 2.24) is 10.2 Å². The van der Waals surface area contributed by atoms with E-state index in [-0.39, 0.29) is 29.9 Å². The van der Waals surface area contributed by atoms with E-state index >= 15 is 0 Å². The molecule has 4 rings (SSSR count). The number of aromatic amines is 1. The largest absolute Gasteiger partial charge is 0.490 e. The molecular formula is C21H22N4O4. The number of allylic oxidation sites excluding steroid dienone is 1. The summed E-state index contributed by atoms with van der Waals surface area (Å²) < 4.78 is 16.4. The number of nitrogens with one attached hydrogen (secondary N) is 1. The van der Waals surface area contributed by atoms with Gasteiger partial charge in [-0.2, -0.15) is 5.26 Å². The molecule has 3 N–H and O–H groups in total. The van der Waals surface area contributed by atoms with E-state index < -0.39 is 11.9 Å². The van der Waals surface area contributed by atoms with Crippen LogP contribution in [0.4, 0.5) is 0 Å². The van der Waals surface area contributed by atoms with Crippen LogP contribution in [-0.4, -0.2) is 29.4 Å². The summed E-state index contributed by atoms with van der Waals surface area (Å²) in [6, 6.07) is 9.77. The van der Waals surface area contributed by atoms with E-state index in [0.29, 0.717) is 11.3 Å². The lowest BCUT2D eigenvalue weighted by atomic mass is 9.83. The summed E-state index contributed by atoms with van der Waals surface area (Å²) in [6.07, 6.45) is 4.65. The zero-order chi connectivity index (χ0) is 20.4. The Kier molecular flexibility index (Phi) is 5.12. The third kappa shape index (κ3) is 3.63. The second kappa shape index (κ2) is 7.87. The summed E-state index contributed by atoms with van der Waals surface area (Å²) in [5.41, 5.74) is 8.22. The van der Waals surface area contributed by atoms with Gasteiger partial charge >= 0.3 is 5.97 Å². The average Bonchev–Trinajstić information content (AvgIpc) is 3.37. The van der Waals surface area contributed by atoms with Crippen LogP contribution in [0.3, 0.4) is 0 Å². The first-order valence-corrected chi connectivity index (χ1v) is 9.59. The van der Waals surface area contributed by atoms with E-state index in [9.17, 15) is 10.1 Å². The Morgan fingerprint density at radius 1 is 1.41 bits per heavy atom. The molecule has 1 aliphatic heterocycles. The van der Waals surface area contributed by atoms with E-state index in [1.54, 1.807) is 0 Å². The second-order valence-electron chi connectivity index (χ2n) is 7.20. The van der Waals surface area contributed by atoms with Crippen LogP contribution in [0, 0.1) is 11.3 Å². The number of ether oxygens (including phenoxy) is 3. The van der Waals surface area contributed by atoms with Gasteiger partial charge in [0.15, 0.2) is 0 Å². The summed E-state index contributed by atoms with van der Waals surface area (Å²) in [7, 11) is 1.32. The van der Waals surface area contributed by atoms with E-state index in [0.717, 1.165) is 24.2 Å². The monoisotopic (exact) mass is 394 g/mol. The topological polar surface area (TPSA) is 123 Å². The molecule has 8 nitrogen and oxygen atoms in total. The Balaban J connectivity index is 1.75. The lowest BCUT2D eigenvalue weighted by Crippen LogP contribution is -2.22. The van der Waals surface area contributed by atoms with Gasteiger partial charge in [-0.15, -0.1) is 5.10 Å². The van der Waals surface area contributed by atoms with E-state index in [4.69, 9.17) is 19.9 Å². The lowest BCUT2D eigenvalue weighted by Gasteiger charge is -2.24. The third-order valence-corrected chi connectivity index (χ3v) is 5.36. The number of rotatable bonds is 5. The normalized spacial score (nSPS) is 18.7. The average molecular weight is 394 g/mol. The number of H-pyrrole nitrogens is 1. The third-order valence-electron chi connectivity index (χ3n) is 5.36. The molecule has 1 aromatic carbocycles. The predicted molar refractivity (Wildman–Crippen MR) is 103 cm³/mol. The van der Waals surface area contributed by atoms with Gasteiger partial charge in [0.1, 0.15) is 17.4 Å². The van der Waals surface area contributed by atoms with E-state index in [1.165, 1.54) is 20.0 Å². The number of aromatic nitrogens is 2. The first kappa shape index (κ1) is 18.9. The molecule has 0 amide bonds. The van der Waals surface area contributed by atoms with Gasteiger partial charge in [-0.25, -0.2) is 0 Å². The molecule has 1 unspecified atom stereocenters. The molecule has 1 aromatic heterocycles. The summed E-state index contributed by atoms with van der Waals surface area (Å²) in [4.78, 5) is 11.8. The minimum atomic E-state index is -0.519. The van der Waals surface area contributed by atoms with Crippen molar-refractivity contribution in [3.05, 3.63) is 52.5 Å². The van der Waals surface area contributed by atoms with Gasteiger partial charge in [-0.3, -0.25) is 9.89 Å². The molecule has 1 saturated carbocycles. The molecule has 2 aliphatic rings. The van der Waals surface area contributed by atoms with Crippen LogP contribution in [0.15, 0.2) is 35.7 Å². The quantitative estimate of drug-likeness (QED) is 0.747. The second-order valence-corrected chi connectivity index (χ2v) is 7.20. The smallest absolute Gasteiger partial charge is 0.311 e. The Bertz CT molecular complexity index is 998. The molecule has 0 bridgehead atoms. The fraction of sp³-hybridized carbons (Fsp3) is 0.381. The highest BCUT2D eigenvalue weighted by molar-refractivity contribution is 5.73. The van der Waals surface area contributed by atoms with Crippen LogP contribution in [0.5, 0.6) is 11.6 Å². The number of carbonyl (C=O) groups is 1. The number of carbonyl (C=O) groups excluding carboxylic acids is 1. The number of hydrogen-bond acceptors (Lipinski definition) is 7. The Morgan fingerprint density at radius 2 is 2.21 bits per heavy atom. The molecule has 8 heteroatoms. The van der Waals surface area contributed by atoms with Crippen LogP contribution in [-0.2, 0) is 16.0 Å². The Hall–Kier alpha value is -3.47. The maximum Gasteiger partial charge on any atom is 0.311 e. The molecule has 1 fully saturated rings. The van der Waals surface area contributed by atoms with Crippen LogP contribution < -0.4 is 15.2 Å². The minimum absolute atomic E-state index is 0.00299. The van der Waals surface area contributed by atoms with Gasteiger partial charge in [0, 0.05) is 0 Å². The van der Waals surface area contributed by atoms with Gasteiger partial charge < -0.3 is 19.9 Å². The number of esters is 1. The maximum atomic E-state index is 11.8. The zero-order valence-electron chi connectivity index (χ0n) is 16.1. The molecule has 2 aromatic rings. The highest BCUT2D eigenvalue weighted by Gasteiger charge is 2.36. The number of methoxy groups -OCH3 is 1. The molecule has 150 valence electrons. The maximum absolute atomic E-state index is 11.8. The SMILES string of the molecule is COC(=O)Cc1[nH]nc2c1C(c1cccc(OC3CCCC3)c1)C(C#N)=C(N)O2. The van der Waals surface area contributed by atoms with E-state index in [1.807, 2.05) is 24.3 Å². The zero-order valence-corrected chi connectivity index (χ0v) is 16.1. The highest BCUT2D eigenvalue weighted by Crippen LogP contribution is 2.43. The Labute approximate surface area is 168 Å². The first-order valence-electron chi connectivity index (χ1n) is 9.59. The summed E-state index contributed by atoms with van der Waals surface area (Å²) in [5, 5.41) is 16.7. The fourth-order valence-electron chi connectivity index (χ4n) is 3.96. The Morgan fingerprint density at radius 3 is 2.93 bits per heavy atom. The molecule has 1 atom stereocenters. The molecule has 29 heavy (non-hydrogen) atoms. The minimum Gasteiger partial charge on any atom is -0.490 e. The molecule has 1 aliphatic carbocycles. The fourth-order valence-corrected chi connectivity index (χ4v) is 3.96. The molecule has 0 radical (unpaired) electrons. The van der Waals surface area contributed by atoms with Crippen molar-refractivity contribution in [3.63, 3.8) is 0 Å². The van der Waals surface area contributed by atoms with Crippen LogP contribution >= 0.6 is 0 Å².